The van der Waals surface area contributed by atoms with Gasteiger partial charge < -0.3 is 35.2 Å². The summed E-state index contributed by atoms with van der Waals surface area (Å²) >= 11 is 0. The largest absolute Gasteiger partial charge is 0.472 e. The van der Waals surface area contributed by atoms with Gasteiger partial charge in [0.15, 0.2) is 11.2 Å². The molecule has 5 rings (SSSR count). The van der Waals surface area contributed by atoms with E-state index in [0.717, 1.165) is 4.57 Å². The molecule has 19 nitrogen and oxygen atoms in total. The zero-order valence-corrected chi connectivity index (χ0v) is 22.2. The molecule has 0 spiro atoms. The van der Waals surface area contributed by atoms with E-state index in [1.165, 1.54) is 17.2 Å². The van der Waals surface area contributed by atoms with Crippen LogP contribution in [0.25, 0.3) is 11.2 Å². The Morgan fingerprint density at radius 1 is 1.10 bits per heavy atom. The fourth-order valence-electron chi connectivity index (χ4n) is 4.47. The molecular weight excluding hydrogens is 557 g/mol. The molecule has 40 heavy (non-hydrogen) atoms. The lowest BCUT2D eigenvalue weighted by atomic mass is 10.2. The minimum Gasteiger partial charge on any atom is -0.394 e. The molecule has 5 heterocycles. The van der Waals surface area contributed by atoms with Crippen LogP contribution in [0.4, 0.5) is 11.9 Å². The summed E-state index contributed by atoms with van der Waals surface area (Å²) in [5, 5.41) is 25.6. The van der Waals surface area contributed by atoms with Gasteiger partial charge in [0.25, 0.3) is 5.56 Å². The van der Waals surface area contributed by atoms with E-state index < -0.39 is 69.2 Å². The van der Waals surface area contributed by atoms with Crippen molar-refractivity contribution in [2.24, 2.45) is 0 Å². The Labute approximate surface area is 224 Å². The maximum absolute atomic E-state index is 12.7. The van der Waals surface area contributed by atoms with Crippen LogP contribution in [-0.2, 0) is 23.1 Å². The fourth-order valence-corrected chi connectivity index (χ4v) is 5.43. The molecule has 3 aromatic heterocycles. The average molecular weight is 585 g/mol. The summed E-state index contributed by atoms with van der Waals surface area (Å²) in [4.78, 5) is 53.4. The first-order valence-electron chi connectivity index (χ1n) is 12.2. The molecular formula is C20H28N9O10P. The Kier molecular flexibility index (Phi) is 7.98. The second-order valence-electron chi connectivity index (χ2n) is 9.00. The molecule has 6 N–H and O–H groups in total. The number of hydrogen-bond acceptors (Lipinski definition) is 15. The number of nitrogens with one attached hydrogen (secondary N) is 3. The van der Waals surface area contributed by atoms with E-state index in [-0.39, 0.29) is 35.9 Å². The highest BCUT2D eigenvalue weighted by molar-refractivity contribution is 7.47. The summed E-state index contributed by atoms with van der Waals surface area (Å²) in [6.07, 6.45) is -3.51. The molecule has 3 aromatic rings. The van der Waals surface area contributed by atoms with Crippen molar-refractivity contribution in [1.29, 1.82) is 0 Å². The Hall–Kier alpha value is -3.29. The quantitative estimate of drug-likeness (QED) is 0.145. The highest BCUT2D eigenvalue weighted by Crippen LogP contribution is 2.49. The first kappa shape index (κ1) is 28.2. The number of ether oxygens (including phenoxy) is 2. The number of aliphatic hydroxyl groups is 2. The van der Waals surface area contributed by atoms with Gasteiger partial charge in [-0.15, -0.1) is 0 Å². The maximum Gasteiger partial charge on any atom is 0.472 e. The van der Waals surface area contributed by atoms with E-state index in [0.29, 0.717) is 0 Å². The summed E-state index contributed by atoms with van der Waals surface area (Å²) < 4.78 is 37.1. The van der Waals surface area contributed by atoms with Crippen molar-refractivity contribution in [2.75, 3.05) is 37.9 Å². The SMILES string of the molecule is CNc1ncn([C@H]2C[C@@H](OP(=O)(O)OCC3O[C@@H](n4cnc5c(=O)[nH]c(NC)nc54)C[C@H]3O)C(CO)O2)c(=O)n1. The zero-order chi connectivity index (χ0) is 28.6. The Bertz CT molecular complexity index is 1530. The van der Waals surface area contributed by atoms with E-state index in [2.05, 4.69) is 35.6 Å². The van der Waals surface area contributed by atoms with Crippen LogP contribution >= 0.6 is 7.82 Å². The molecule has 2 aliphatic rings. The van der Waals surface area contributed by atoms with Gasteiger partial charge >= 0.3 is 13.5 Å². The lowest BCUT2D eigenvalue weighted by Gasteiger charge is -2.21. The second kappa shape index (κ2) is 11.3. The number of aromatic nitrogens is 7. The van der Waals surface area contributed by atoms with Gasteiger partial charge in [-0.05, 0) is 0 Å². The minimum absolute atomic E-state index is 0.0628. The first-order chi connectivity index (χ1) is 19.1. The van der Waals surface area contributed by atoms with Crippen LogP contribution in [0.3, 0.4) is 0 Å². The number of H-pyrrole nitrogens is 1. The molecule has 0 aromatic carbocycles. The van der Waals surface area contributed by atoms with E-state index in [1.54, 1.807) is 14.1 Å². The number of phosphoric acid groups is 1. The lowest BCUT2D eigenvalue weighted by molar-refractivity contribution is -0.0565. The number of hydrogen-bond donors (Lipinski definition) is 6. The van der Waals surface area contributed by atoms with Crippen molar-refractivity contribution < 1.29 is 38.2 Å². The molecule has 0 bridgehead atoms. The van der Waals surface area contributed by atoms with Crippen LogP contribution in [0.5, 0.6) is 0 Å². The Morgan fingerprint density at radius 3 is 2.52 bits per heavy atom. The van der Waals surface area contributed by atoms with Crippen LogP contribution in [0.1, 0.15) is 25.3 Å². The summed E-state index contributed by atoms with van der Waals surface area (Å²) in [5.41, 5.74) is -0.845. The molecule has 0 aliphatic carbocycles. The average Bonchev–Trinajstić information content (AvgIpc) is 3.63. The second-order valence-corrected chi connectivity index (χ2v) is 10.4. The molecule has 0 saturated carbocycles. The predicted molar refractivity (Wildman–Crippen MR) is 134 cm³/mol. The molecule has 20 heteroatoms. The highest BCUT2D eigenvalue weighted by atomic mass is 31.2. The maximum atomic E-state index is 12.7. The van der Waals surface area contributed by atoms with Crippen molar-refractivity contribution in [1.82, 2.24) is 34.1 Å². The monoisotopic (exact) mass is 585 g/mol. The van der Waals surface area contributed by atoms with Crippen LogP contribution < -0.4 is 21.9 Å². The van der Waals surface area contributed by atoms with Crippen LogP contribution in [-0.4, -0.2) is 101 Å². The van der Waals surface area contributed by atoms with Crippen LogP contribution in [0, 0.1) is 0 Å². The van der Waals surface area contributed by atoms with E-state index in [9.17, 15) is 29.3 Å². The van der Waals surface area contributed by atoms with Gasteiger partial charge in [0.2, 0.25) is 11.9 Å². The summed E-state index contributed by atoms with van der Waals surface area (Å²) in [5.74, 6) is 0.314. The fraction of sp³-hybridized carbons (Fsp3) is 0.600. The molecule has 0 radical (unpaired) electrons. The molecule has 0 amide bonds. The third-order valence-electron chi connectivity index (χ3n) is 6.48. The van der Waals surface area contributed by atoms with Crippen molar-refractivity contribution >= 4 is 30.9 Å². The van der Waals surface area contributed by atoms with Gasteiger partial charge in [-0.1, -0.05) is 0 Å². The number of anilines is 2. The molecule has 2 fully saturated rings. The predicted octanol–water partition coefficient (Wildman–Crippen LogP) is -1.71. The van der Waals surface area contributed by atoms with Crippen LogP contribution in [0.2, 0.25) is 0 Å². The van der Waals surface area contributed by atoms with Gasteiger partial charge in [0, 0.05) is 26.9 Å². The van der Waals surface area contributed by atoms with Crippen LogP contribution in [0.15, 0.2) is 22.2 Å². The number of aromatic amines is 1. The molecule has 3 unspecified atom stereocenters. The minimum atomic E-state index is -4.75. The van der Waals surface area contributed by atoms with E-state index >= 15 is 0 Å². The van der Waals surface area contributed by atoms with E-state index in [4.69, 9.17) is 18.5 Å². The first-order valence-corrected chi connectivity index (χ1v) is 13.6. The number of rotatable bonds is 10. The van der Waals surface area contributed by atoms with Gasteiger partial charge in [0.1, 0.15) is 37.1 Å². The Morgan fingerprint density at radius 2 is 1.82 bits per heavy atom. The number of fused-ring (bicyclic) bond motifs is 1. The standard InChI is InChI=1S/C20H28N9O10P/c1-21-18-24-8-29(20(33)27-18)14-4-10(11(5-30)37-14)39-40(34,35)36-6-12-9(31)3-13(38-12)28-7-23-15-16(28)25-19(22-2)26-17(15)32/h7-14,30-31H,3-6H2,1-2H3,(H,34,35)(H,21,27,33)(H2,22,25,26,32)/t9-,10-,11?,12?,13-,14-/m1/s1. The van der Waals surface area contributed by atoms with Crippen molar-refractivity contribution in [3.8, 4) is 0 Å². The topological polar surface area (TPSA) is 250 Å². The van der Waals surface area contributed by atoms with Gasteiger partial charge in [-0.25, -0.2) is 19.3 Å². The van der Waals surface area contributed by atoms with Gasteiger partial charge in [-0.2, -0.15) is 9.97 Å². The highest BCUT2D eigenvalue weighted by Gasteiger charge is 2.43. The smallest absolute Gasteiger partial charge is 0.394 e. The number of aliphatic hydroxyl groups excluding tert-OH is 2. The number of nitrogens with zero attached hydrogens (tertiary/aromatic N) is 6. The Balaban J connectivity index is 1.22. The molecule has 2 saturated heterocycles. The number of imidazole rings is 1. The third kappa shape index (κ3) is 5.63. The van der Waals surface area contributed by atoms with Crippen molar-refractivity contribution in [3.05, 3.63) is 33.5 Å². The number of phosphoric ester groups is 1. The molecule has 7 atom stereocenters. The lowest BCUT2D eigenvalue weighted by Crippen LogP contribution is -2.29. The normalized spacial score (nSPS) is 28.1. The summed E-state index contributed by atoms with van der Waals surface area (Å²) in [6.45, 7) is -1.09. The molecule has 2 aliphatic heterocycles. The zero-order valence-electron chi connectivity index (χ0n) is 21.3. The van der Waals surface area contributed by atoms with Crippen molar-refractivity contribution in [3.63, 3.8) is 0 Å². The van der Waals surface area contributed by atoms with E-state index in [1.807, 2.05) is 0 Å². The summed E-state index contributed by atoms with van der Waals surface area (Å²) in [6, 6.07) is 0. The summed E-state index contributed by atoms with van der Waals surface area (Å²) in [7, 11) is -1.62. The third-order valence-corrected chi connectivity index (χ3v) is 7.49. The van der Waals surface area contributed by atoms with Crippen molar-refractivity contribution in [2.45, 2.75) is 49.7 Å². The van der Waals surface area contributed by atoms with Gasteiger partial charge in [-0.3, -0.25) is 28.0 Å². The molecule has 218 valence electrons. The van der Waals surface area contributed by atoms with Gasteiger partial charge in [0.05, 0.1) is 25.6 Å².